The summed E-state index contributed by atoms with van der Waals surface area (Å²) in [5.41, 5.74) is 1.32. The number of aryl methyl sites for hydroxylation is 2. The van der Waals surface area contributed by atoms with Crippen LogP contribution in [0, 0.1) is 0 Å². The molecule has 1 rings (SSSR count). The fraction of sp³-hybridized carbons (Fsp3) is 0.400. The fourth-order valence-corrected chi connectivity index (χ4v) is 2.32. The second-order valence-corrected chi connectivity index (χ2v) is 4.93. The number of halogens is 2. The normalized spacial score (nSPS) is 11.7. The van der Waals surface area contributed by atoms with E-state index in [0.717, 1.165) is 0 Å². The molecule has 0 aromatic heterocycles. The zero-order chi connectivity index (χ0) is 11.6. The Labute approximate surface area is 94.3 Å². The van der Waals surface area contributed by atoms with Crippen LogP contribution in [-0.4, -0.2) is 8.42 Å². The molecule has 0 heterocycles. The third kappa shape index (κ3) is 2.69. The van der Waals surface area contributed by atoms with Crippen LogP contribution in [0.5, 0.6) is 0 Å². The highest BCUT2D eigenvalue weighted by Crippen LogP contribution is 2.27. The van der Waals surface area contributed by atoms with Crippen LogP contribution >= 0.6 is 11.6 Å². The summed E-state index contributed by atoms with van der Waals surface area (Å²) in [5.74, 6) is 0. The Morgan fingerprint density at radius 3 is 1.87 bits per heavy atom. The van der Waals surface area contributed by atoms with Gasteiger partial charge in [-0.05, 0) is 36.1 Å². The molecular formula is C10H12ClFO2S. The molecule has 2 nitrogen and oxygen atoms in total. The third-order valence-electron chi connectivity index (χ3n) is 2.24. The number of benzene rings is 1. The Balaban J connectivity index is 3.47. The van der Waals surface area contributed by atoms with Gasteiger partial charge in [0, 0.05) is 5.02 Å². The van der Waals surface area contributed by atoms with Gasteiger partial charge in [-0.3, -0.25) is 0 Å². The fourth-order valence-electron chi connectivity index (χ4n) is 1.37. The minimum absolute atomic E-state index is 0.305. The Kier molecular flexibility index (Phi) is 3.73. The van der Waals surface area contributed by atoms with Gasteiger partial charge in [0.05, 0.1) is 4.90 Å². The van der Waals surface area contributed by atoms with Crippen molar-refractivity contribution in [3.05, 3.63) is 28.3 Å². The summed E-state index contributed by atoms with van der Waals surface area (Å²) in [7, 11) is -4.64. The van der Waals surface area contributed by atoms with E-state index < -0.39 is 10.2 Å². The standard InChI is InChI=1S/C10H12ClFO2S/c1-3-7-5-9(15(12,13)14)6-8(4-2)10(7)11/h5-6H,3-4H2,1-2H3. The Bertz CT molecular complexity index is 443. The van der Waals surface area contributed by atoms with Gasteiger partial charge in [-0.15, -0.1) is 3.89 Å². The van der Waals surface area contributed by atoms with Gasteiger partial charge in [-0.25, -0.2) is 0 Å². The van der Waals surface area contributed by atoms with Gasteiger partial charge < -0.3 is 0 Å². The molecular weight excluding hydrogens is 239 g/mol. The molecule has 0 saturated carbocycles. The summed E-state index contributed by atoms with van der Waals surface area (Å²) in [6.45, 7) is 3.69. The van der Waals surface area contributed by atoms with Crippen LogP contribution in [0.25, 0.3) is 0 Å². The lowest BCUT2D eigenvalue weighted by Gasteiger charge is -2.08. The first kappa shape index (κ1) is 12.5. The highest BCUT2D eigenvalue weighted by atomic mass is 35.5. The summed E-state index contributed by atoms with van der Waals surface area (Å²) in [5, 5.41) is 0.535. The highest BCUT2D eigenvalue weighted by molar-refractivity contribution is 7.86. The van der Waals surface area contributed by atoms with Gasteiger partial charge in [-0.1, -0.05) is 25.4 Å². The van der Waals surface area contributed by atoms with Crippen molar-refractivity contribution in [3.63, 3.8) is 0 Å². The van der Waals surface area contributed by atoms with Crippen molar-refractivity contribution in [2.24, 2.45) is 0 Å². The van der Waals surface area contributed by atoms with E-state index in [1.807, 2.05) is 13.8 Å². The monoisotopic (exact) mass is 250 g/mol. The van der Waals surface area contributed by atoms with Crippen molar-refractivity contribution in [1.29, 1.82) is 0 Å². The van der Waals surface area contributed by atoms with Crippen molar-refractivity contribution in [2.75, 3.05) is 0 Å². The summed E-state index contributed by atoms with van der Waals surface area (Å²) in [4.78, 5) is -0.305. The number of rotatable bonds is 3. The molecule has 0 aliphatic rings. The highest BCUT2D eigenvalue weighted by Gasteiger charge is 2.16. The van der Waals surface area contributed by atoms with Gasteiger partial charge in [0.15, 0.2) is 0 Å². The van der Waals surface area contributed by atoms with Crippen molar-refractivity contribution in [1.82, 2.24) is 0 Å². The second kappa shape index (κ2) is 4.49. The van der Waals surface area contributed by atoms with Crippen LogP contribution in [0.2, 0.25) is 5.02 Å². The minimum Gasteiger partial charge on any atom is -0.189 e. The largest absolute Gasteiger partial charge is 0.332 e. The molecule has 0 saturated heterocycles. The predicted octanol–water partition coefficient (Wildman–Crippen LogP) is 3.12. The summed E-state index contributed by atoms with van der Waals surface area (Å²) < 4.78 is 34.4. The average Bonchev–Trinajstić information content (AvgIpc) is 2.16. The maximum atomic E-state index is 12.8. The van der Waals surface area contributed by atoms with Gasteiger partial charge in [0.1, 0.15) is 0 Å². The SMILES string of the molecule is CCc1cc(S(=O)(=O)F)cc(CC)c1Cl. The van der Waals surface area contributed by atoms with Crippen molar-refractivity contribution >= 4 is 21.8 Å². The van der Waals surface area contributed by atoms with Crippen molar-refractivity contribution in [3.8, 4) is 0 Å². The third-order valence-corrected chi connectivity index (χ3v) is 3.52. The molecule has 0 atom stereocenters. The molecule has 0 N–H and O–H groups in total. The van der Waals surface area contributed by atoms with E-state index in [4.69, 9.17) is 11.6 Å². The van der Waals surface area contributed by atoms with Crippen LogP contribution in [-0.2, 0) is 23.1 Å². The average molecular weight is 251 g/mol. The smallest absolute Gasteiger partial charge is 0.189 e. The van der Waals surface area contributed by atoms with Gasteiger partial charge in [0.25, 0.3) is 0 Å². The first-order valence-electron chi connectivity index (χ1n) is 4.66. The van der Waals surface area contributed by atoms with E-state index in [2.05, 4.69) is 0 Å². The molecule has 0 aliphatic carbocycles. The molecule has 15 heavy (non-hydrogen) atoms. The molecule has 0 spiro atoms. The lowest BCUT2D eigenvalue weighted by Crippen LogP contribution is -1.98. The Morgan fingerprint density at radius 2 is 1.60 bits per heavy atom. The maximum absolute atomic E-state index is 12.8. The maximum Gasteiger partial charge on any atom is 0.332 e. The Morgan fingerprint density at radius 1 is 1.20 bits per heavy atom. The quantitative estimate of drug-likeness (QED) is 0.773. The molecule has 1 aromatic rings. The second-order valence-electron chi connectivity index (χ2n) is 3.20. The first-order chi connectivity index (χ1) is 6.90. The zero-order valence-electron chi connectivity index (χ0n) is 8.55. The van der Waals surface area contributed by atoms with Gasteiger partial charge in [-0.2, -0.15) is 8.42 Å². The number of hydrogen-bond donors (Lipinski definition) is 0. The van der Waals surface area contributed by atoms with Crippen molar-refractivity contribution in [2.45, 2.75) is 31.6 Å². The van der Waals surface area contributed by atoms with Gasteiger partial charge in [0.2, 0.25) is 0 Å². The zero-order valence-corrected chi connectivity index (χ0v) is 10.1. The molecule has 0 amide bonds. The van der Waals surface area contributed by atoms with Crippen LogP contribution in [0.1, 0.15) is 25.0 Å². The first-order valence-corrected chi connectivity index (χ1v) is 6.42. The van der Waals surface area contributed by atoms with E-state index in [-0.39, 0.29) is 4.90 Å². The van der Waals surface area contributed by atoms with E-state index in [1.54, 1.807) is 0 Å². The van der Waals surface area contributed by atoms with Crippen LogP contribution in [0.15, 0.2) is 17.0 Å². The molecule has 0 unspecified atom stereocenters. The summed E-state index contributed by atoms with van der Waals surface area (Å²) in [6.07, 6.45) is 1.16. The topological polar surface area (TPSA) is 34.1 Å². The lowest BCUT2D eigenvalue weighted by atomic mass is 10.1. The minimum atomic E-state index is -4.64. The molecule has 0 bridgehead atoms. The molecule has 0 aliphatic heterocycles. The molecule has 5 heteroatoms. The lowest BCUT2D eigenvalue weighted by molar-refractivity contribution is 0.552. The molecule has 0 fully saturated rings. The van der Waals surface area contributed by atoms with E-state index in [9.17, 15) is 12.3 Å². The number of hydrogen-bond acceptors (Lipinski definition) is 2. The summed E-state index contributed by atoms with van der Waals surface area (Å²) in [6, 6.07) is 2.58. The van der Waals surface area contributed by atoms with E-state index >= 15 is 0 Å². The van der Waals surface area contributed by atoms with E-state index in [1.165, 1.54) is 12.1 Å². The summed E-state index contributed by atoms with van der Waals surface area (Å²) >= 11 is 6.01. The van der Waals surface area contributed by atoms with Crippen LogP contribution < -0.4 is 0 Å². The molecule has 84 valence electrons. The van der Waals surface area contributed by atoms with E-state index in [0.29, 0.717) is 29.0 Å². The van der Waals surface area contributed by atoms with Gasteiger partial charge >= 0.3 is 10.2 Å². The molecule has 1 aromatic carbocycles. The molecule has 0 radical (unpaired) electrons. The Hall–Kier alpha value is -0.610. The predicted molar refractivity (Wildman–Crippen MR) is 58.5 cm³/mol. The van der Waals surface area contributed by atoms with Crippen LogP contribution in [0.4, 0.5) is 3.89 Å². The van der Waals surface area contributed by atoms with Crippen LogP contribution in [0.3, 0.4) is 0 Å². The van der Waals surface area contributed by atoms with Crippen molar-refractivity contribution < 1.29 is 12.3 Å².